The molecule has 2 aromatic rings. The molecule has 0 unspecified atom stereocenters. The Hall–Kier alpha value is -1.69. The van der Waals surface area contributed by atoms with Gasteiger partial charge in [0.1, 0.15) is 6.04 Å². The fraction of sp³-hybridized carbons (Fsp3) is 0.417. The molecule has 0 heterocycles. The zero-order chi connectivity index (χ0) is 22.8. The van der Waals surface area contributed by atoms with Crippen molar-refractivity contribution in [3.8, 4) is 0 Å². The molecule has 1 atom stereocenters. The monoisotopic (exact) mass is 480 g/mol. The molecule has 0 saturated carbocycles. The van der Waals surface area contributed by atoms with Crippen LogP contribution < -0.4 is 5.32 Å². The molecule has 7 heteroatoms. The number of rotatable bonds is 11. The fourth-order valence-electron chi connectivity index (χ4n) is 2.96. The van der Waals surface area contributed by atoms with Crippen LogP contribution in [-0.2, 0) is 21.9 Å². The third-order valence-corrected chi connectivity index (χ3v) is 6.55. The predicted molar refractivity (Wildman–Crippen MR) is 132 cm³/mol. The maximum absolute atomic E-state index is 13.1. The van der Waals surface area contributed by atoms with Crippen LogP contribution in [0.5, 0.6) is 0 Å². The third kappa shape index (κ3) is 8.40. The van der Waals surface area contributed by atoms with Gasteiger partial charge in [0, 0.05) is 46.6 Å². The summed E-state index contributed by atoms with van der Waals surface area (Å²) in [6.45, 7) is 6.56. The highest BCUT2D eigenvalue weighted by molar-refractivity contribution is 7.98. The maximum Gasteiger partial charge on any atom is 0.242 e. The second kappa shape index (κ2) is 13.0. The number of nitrogens with one attached hydrogen (secondary N) is 1. The molecule has 0 aromatic heterocycles. The number of halogens is 2. The minimum absolute atomic E-state index is 0.0938. The lowest BCUT2D eigenvalue weighted by molar-refractivity contribution is -0.140. The molecule has 2 rings (SSSR count). The Labute approximate surface area is 199 Å². The van der Waals surface area contributed by atoms with E-state index in [4.69, 9.17) is 23.2 Å². The van der Waals surface area contributed by atoms with Gasteiger partial charge in [-0.1, -0.05) is 73.4 Å². The molecule has 0 fully saturated rings. The highest BCUT2D eigenvalue weighted by Gasteiger charge is 2.27. The van der Waals surface area contributed by atoms with Crippen LogP contribution in [0.25, 0.3) is 0 Å². The van der Waals surface area contributed by atoms with Crippen LogP contribution >= 0.6 is 35.0 Å². The minimum atomic E-state index is -0.627. The van der Waals surface area contributed by atoms with Crippen molar-refractivity contribution in [1.29, 1.82) is 0 Å². The Balaban J connectivity index is 2.06. The van der Waals surface area contributed by atoms with E-state index >= 15 is 0 Å². The molecule has 2 aromatic carbocycles. The molecule has 0 aliphatic carbocycles. The van der Waals surface area contributed by atoms with Crippen molar-refractivity contribution in [2.45, 2.75) is 45.5 Å². The number of carbonyl (C=O) groups excluding carboxylic acids is 2. The largest absolute Gasteiger partial charge is 0.354 e. The van der Waals surface area contributed by atoms with E-state index < -0.39 is 6.04 Å². The molecular weight excluding hydrogens is 451 g/mol. The van der Waals surface area contributed by atoms with Crippen LogP contribution in [0.2, 0.25) is 10.0 Å². The molecule has 0 radical (unpaired) electrons. The molecule has 31 heavy (non-hydrogen) atoms. The molecule has 168 valence electrons. The summed E-state index contributed by atoms with van der Waals surface area (Å²) in [6.07, 6.45) is 0.335. The number of thioether (sulfide) groups is 1. The lowest BCUT2D eigenvalue weighted by Crippen LogP contribution is -2.48. The van der Waals surface area contributed by atoms with E-state index in [2.05, 4.69) is 17.4 Å². The van der Waals surface area contributed by atoms with Crippen molar-refractivity contribution in [3.63, 3.8) is 0 Å². The number of benzene rings is 2. The van der Waals surface area contributed by atoms with Crippen molar-refractivity contribution in [1.82, 2.24) is 10.2 Å². The number of carbonyl (C=O) groups is 2. The van der Waals surface area contributed by atoms with Crippen LogP contribution in [0.4, 0.5) is 0 Å². The van der Waals surface area contributed by atoms with E-state index in [1.807, 2.05) is 32.0 Å². The first-order valence-electron chi connectivity index (χ1n) is 10.4. The number of hydrogen-bond acceptors (Lipinski definition) is 3. The smallest absolute Gasteiger partial charge is 0.242 e. The summed E-state index contributed by atoms with van der Waals surface area (Å²) in [5, 5.41) is 3.89. The van der Waals surface area contributed by atoms with Gasteiger partial charge in [-0.05, 0) is 30.5 Å². The summed E-state index contributed by atoms with van der Waals surface area (Å²) in [4.78, 5) is 27.4. The lowest BCUT2D eigenvalue weighted by atomic mass is 10.1. The quantitative estimate of drug-likeness (QED) is 0.413. The van der Waals surface area contributed by atoms with E-state index in [1.54, 1.807) is 41.8 Å². The zero-order valence-corrected chi connectivity index (χ0v) is 20.6. The van der Waals surface area contributed by atoms with Crippen LogP contribution in [0.1, 0.15) is 38.3 Å². The summed E-state index contributed by atoms with van der Waals surface area (Å²) >= 11 is 14.4. The van der Waals surface area contributed by atoms with Crippen LogP contribution in [-0.4, -0.2) is 35.1 Å². The van der Waals surface area contributed by atoms with Gasteiger partial charge in [0.2, 0.25) is 11.8 Å². The number of hydrogen-bond donors (Lipinski definition) is 1. The van der Waals surface area contributed by atoms with Gasteiger partial charge in [0.05, 0.1) is 0 Å². The Kier molecular flexibility index (Phi) is 10.7. The minimum Gasteiger partial charge on any atom is -0.354 e. The molecule has 0 saturated heterocycles. The molecule has 0 aliphatic heterocycles. The Bertz CT molecular complexity index is 842. The fourth-order valence-corrected chi connectivity index (χ4v) is 4.36. The Morgan fingerprint density at radius 3 is 2.26 bits per heavy atom. The summed E-state index contributed by atoms with van der Waals surface area (Å²) < 4.78 is 0. The summed E-state index contributed by atoms with van der Waals surface area (Å²) in [7, 11) is 0. The first-order valence-corrected chi connectivity index (χ1v) is 12.3. The van der Waals surface area contributed by atoms with Gasteiger partial charge in [-0.2, -0.15) is 11.8 Å². The summed E-state index contributed by atoms with van der Waals surface area (Å²) in [5.41, 5.74) is 1.88. The first-order chi connectivity index (χ1) is 14.8. The van der Waals surface area contributed by atoms with Gasteiger partial charge in [-0.15, -0.1) is 0 Å². The molecule has 1 N–H and O–H groups in total. The molecular formula is C24H30Cl2N2O2S. The van der Waals surface area contributed by atoms with E-state index in [1.165, 1.54) is 5.56 Å². The van der Waals surface area contributed by atoms with Gasteiger partial charge in [-0.3, -0.25) is 9.59 Å². The van der Waals surface area contributed by atoms with Crippen molar-refractivity contribution < 1.29 is 9.59 Å². The molecule has 0 bridgehead atoms. The SMILES string of the molecule is CC(C)CNC(=O)[C@@H](C)N(Cc1c(Cl)cccc1Cl)C(=O)CCSCc1ccccc1. The predicted octanol–water partition coefficient (Wildman–Crippen LogP) is 5.81. The molecule has 0 aliphatic rings. The zero-order valence-electron chi connectivity index (χ0n) is 18.2. The molecule has 2 amide bonds. The van der Waals surface area contributed by atoms with E-state index in [0.29, 0.717) is 40.2 Å². The maximum atomic E-state index is 13.1. The second-order valence-electron chi connectivity index (χ2n) is 7.83. The van der Waals surface area contributed by atoms with Crippen molar-refractivity contribution >= 4 is 46.8 Å². The third-order valence-electron chi connectivity index (χ3n) is 4.81. The standard InChI is InChI=1S/C24H30Cl2N2O2S/c1-17(2)14-27-24(30)18(3)28(15-20-21(25)10-7-11-22(20)26)23(29)12-13-31-16-19-8-5-4-6-9-19/h4-11,17-18H,12-16H2,1-3H3,(H,27,30)/t18-/m1/s1. The summed E-state index contributed by atoms with van der Waals surface area (Å²) in [5.74, 6) is 1.56. The average molecular weight is 481 g/mol. The number of nitrogens with zero attached hydrogens (tertiary/aromatic N) is 1. The summed E-state index contributed by atoms with van der Waals surface area (Å²) in [6, 6.07) is 14.8. The Morgan fingerprint density at radius 2 is 1.65 bits per heavy atom. The van der Waals surface area contributed by atoms with E-state index in [0.717, 1.165) is 5.75 Å². The van der Waals surface area contributed by atoms with Gasteiger partial charge in [-0.25, -0.2) is 0 Å². The normalized spacial score (nSPS) is 11.9. The highest BCUT2D eigenvalue weighted by atomic mass is 35.5. The Morgan fingerprint density at radius 1 is 1.00 bits per heavy atom. The number of amides is 2. The van der Waals surface area contributed by atoms with E-state index in [-0.39, 0.29) is 18.4 Å². The van der Waals surface area contributed by atoms with Crippen LogP contribution in [0.3, 0.4) is 0 Å². The van der Waals surface area contributed by atoms with Gasteiger partial charge in [0.15, 0.2) is 0 Å². The lowest BCUT2D eigenvalue weighted by Gasteiger charge is -2.29. The van der Waals surface area contributed by atoms with Crippen molar-refractivity contribution in [2.75, 3.05) is 12.3 Å². The van der Waals surface area contributed by atoms with Crippen molar-refractivity contribution in [3.05, 3.63) is 69.7 Å². The van der Waals surface area contributed by atoms with Crippen molar-refractivity contribution in [2.24, 2.45) is 5.92 Å². The molecule has 0 spiro atoms. The van der Waals surface area contributed by atoms with Crippen LogP contribution in [0, 0.1) is 5.92 Å². The topological polar surface area (TPSA) is 49.4 Å². The first kappa shape index (κ1) is 25.6. The van der Waals surface area contributed by atoms with E-state index in [9.17, 15) is 9.59 Å². The highest BCUT2D eigenvalue weighted by Crippen LogP contribution is 2.27. The second-order valence-corrected chi connectivity index (χ2v) is 9.74. The average Bonchev–Trinajstić information content (AvgIpc) is 2.75. The van der Waals surface area contributed by atoms with Gasteiger partial charge < -0.3 is 10.2 Å². The molecule has 4 nitrogen and oxygen atoms in total. The van der Waals surface area contributed by atoms with Crippen LogP contribution in [0.15, 0.2) is 48.5 Å². The van der Waals surface area contributed by atoms with Gasteiger partial charge in [0.25, 0.3) is 0 Å². The van der Waals surface area contributed by atoms with Gasteiger partial charge >= 0.3 is 0 Å².